The Bertz CT molecular complexity index is 465. The number of primary amides is 1. The van der Waals surface area contributed by atoms with Gasteiger partial charge in [-0.2, -0.15) is 0 Å². The van der Waals surface area contributed by atoms with Gasteiger partial charge in [0.05, 0.1) is 6.08 Å². The number of rotatable bonds is 5. The number of amides is 1. The molecule has 88 valence electrons. The van der Waals surface area contributed by atoms with Crippen molar-refractivity contribution in [1.82, 2.24) is 0 Å². The van der Waals surface area contributed by atoms with Crippen LogP contribution >= 0.6 is 22.7 Å². The summed E-state index contributed by atoms with van der Waals surface area (Å²) in [5, 5.41) is 4.99. The molecule has 2 rings (SSSR count). The van der Waals surface area contributed by atoms with Crippen molar-refractivity contribution in [1.29, 1.82) is 0 Å². The molecule has 2 heterocycles. The lowest BCUT2D eigenvalue weighted by molar-refractivity contribution is -0.113. The van der Waals surface area contributed by atoms with Gasteiger partial charge in [0.2, 0.25) is 5.91 Å². The standard InChI is InChI=1S/C11H9NO3S2/c12-8(13)7-9(14-10-3-1-5-16-10)15-11-4-2-6-17-11/h1-7H,(H2,12,13). The van der Waals surface area contributed by atoms with Crippen LogP contribution in [0.15, 0.2) is 47.0 Å². The Hall–Kier alpha value is -1.79. The second kappa shape index (κ2) is 5.51. The van der Waals surface area contributed by atoms with E-state index in [1.807, 2.05) is 22.9 Å². The minimum absolute atomic E-state index is 0.0717. The maximum atomic E-state index is 10.9. The van der Waals surface area contributed by atoms with Crippen LogP contribution in [0.5, 0.6) is 10.1 Å². The molecule has 0 aliphatic carbocycles. The van der Waals surface area contributed by atoms with Crippen LogP contribution in [0, 0.1) is 0 Å². The summed E-state index contributed by atoms with van der Waals surface area (Å²) in [6.07, 6.45) is 1.11. The van der Waals surface area contributed by atoms with E-state index in [1.165, 1.54) is 22.7 Å². The topological polar surface area (TPSA) is 61.6 Å². The highest BCUT2D eigenvalue weighted by Crippen LogP contribution is 2.25. The molecule has 0 bridgehead atoms. The number of thiophene rings is 2. The van der Waals surface area contributed by atoms with Crippen LogP contribution in [-0.2, 0) is 4.79 Å². The molecule has 6 heteroatoms. The lowest BCUT2D eigenvalue weighted by atomic mass is 10.6. The Morgan fingerprint density at radius 2 is 1.65 bits per heavy atom. The van der Waals surface area contributed by atoms with Crippen LogP contribution in [0.25, 0.3) is 0 Å². The van der Waals surface area contributed by atoms with Crippen LogP contribution in [0.3, 0.4) is 0 Å². The zero-order valence-corrected chi connectivity index (χ0v) is 10.3. The molecule has 0 atom stereocenters. The van der Waals surface area contributed by atoms with Gasteiger partial charge in [0.25, 0.3) is 5.95 Å². The molecule has 2 aromatic rings. The first-order valence-electron chi connectivity index (χ1n) is 4.68. The van der Waals surface area contributed by atoms with Gasteiger partial charge in [-0.25, -0.2) is 0 Å². The number of carbonyl (C=O) groups excluding carboxylic acids is 1. The van der Waals surface area contributed by atoms with Crippen molar-refractivity contribution >= 4 is 28.6 Å². The highest BCUT2D eigenvalue weighted by Gasteiger charge is 2.07. The molecule has 0 spiro atoms. The predicted octanol–water partition coefficient (Wildman–Crippen LogP) is 2.59. The molecule has 1 amide bonds. The Morgan fingerprint density at radius 1 is 1.12 bits per heavy atom. The van der Waals surface area contributed by atoms with Crippen LogP contribution in [0.4, 0.5) is 0 Å². The number of ether oxygens (including phenoxy) is 2. The smallest absolute Gasteiger partial charge is 0.297 e. The van der Waals surface area contributed by atoms with Gasteiger partial charge in [-0.15, -0.1) is 22.7 Å². The lowest BCUT2D eigenvalue weighted by Gasteiger charge is -2.07. The first-order valence-corrected chi connectivity index (χ1v) is 6.44. The van der Waals surface area contributed by atoms with Crippen molar-refractivity contribution in [2.24, 2.45) is 5.73 Å². The van der Waals surface area contributed by atoms with E-state index in [4.69, 9.17) is 15.2 Å². The summed E-state index contributed by atoms with van der Waals surface area (Å²) in [5.41, 5.74) is 5.08. The monoisotopic (exact) mass is 267 g/mol. The highest BCUT2D eigenvalue weighted by atomic mass is 32.1. The van der Waals surface area contributed by atoms with Crippen LogP contribution in [-0.4, -0.2) is 5.91 Å². The number of hydrogen-bond donors (Lipinski definition) is 1. The van der Waals surface area contributed by atoms with Crippen LogP contribution in [0.2, 0.25) is 0 Å². The molecular formula is C11H9NO3S2. The molecule has 0 radical (unpaired) electrons. The van der Waals surface area contributed by atoms with E-state index >= 15 is 0 Å². The molecule has 2 N–H and O–H groups in total. The third-order valence-corrected chi connectivity index (χ3v) is 3.14. The van der Waals surface area contributed by atoms with E-state index in [0.717, 1.165) is 6.08 Å². The van der Waals surface area contributed by atoms with Crippen molar-refractivity contribution in [3.63, 3.8) is 0 Å². The van der Waals surface area contributed by atoms with Gasteiger partial charge in [-0.1, -0.05) is 0 Å². The zero-order chi connectivity index (χ0) is 12.1. The molecular weight excluding hydrogens is 258 g/mol. The number of carbonyl (C=O) groups is 1. The fourth-order valence-corrected chi connectivity index (χ4v) is 2.19. The van der Waals surface area contributed by atoms with E-state index in [2.05, 4.69) is 0 Å². The number of hydrogen-bond acceptors (Lipinski definition) is 5. The first kappa shape index (κ1) is 11.7. The Morgan fingerprint density at radius 3 is 2.00 bits per heavy atom. The van der Waals surface area contributed by atoms with Crippen molar-refractivity contribution in [2.45, 2.75) is 0 Å². The molecule has 0 saturated heterocycles. The molecule has 2 aromatic heterocycles. The molecule has 0 unspecified atom stereocenters. The van der Waals surface area contributed by atoms with Crippen molar-refractivity contribution in [3.8, 4) is 10.1 Å². The molecule has 17 heavy (non-hydrogen) atoms. The molecule has 4 nitrogen and oxygen atoms in total. The first-order chi connectivity index (χ1) is 8.24. The van der Waals surface area contributed by atoms with Gasteiger partial charge in [0, 0.05) is 0 Å². The quantitative estimate of drug-likeness (QED) is 0.669. The Balaban J connectivity index is 2.11. The molecule has 0 saturated carbocycles. The summed E-state index contributed by atoms with van der Waals surface area (Å²) < 4.78 is 10.8. The molecule has 0 aliphatic rings. The van der Waals surface area contributed by atoms with Gasteiger partial charge >= 0.3 is 0 Å². The lowest BCUT2D eigenvalue weighted by Crippen LogP contribution is -2.12. The second-order valence-electron chi connectivity index (χ2n) is 2.93. The second-order valence-corrected chi connectivity index (χ2v) is 4.75. The Labute approximate surface area is 106 Å². The van der Waals surface area contributed by atoms with Crippen molar-refractivity contribution in [3.05, 3.63) is 47.0 Å². The van der Waals surface area contributed by atoms with E-state index in [9.17, 15) is 4.79 Å². The summed E-state index contributed by atoms with van der Waals surface area (Å²) in [6, 6.07) is 7.23. The molecule has 0 fully saturated rings. The van der Waals surface area contributed by atoms with Crippen LogP contribution in [0.1, 0.15) is 0 Å². The van der Waals surface area contributed by atoms with E-state index in [1.54, 1.807) is 12.1 Å². The summed E-state index contributed by atoms with van der Waals surface area (Å²) >= 11 is 2.80. The van der Waals surface area contributed by atoms with Crippen molar-refractivity contribution in [2.75, 3.05) is 0 Å². The number of nitrogens with two attached hydrogens (primary N) is 1. The van der Waals surface area contributed by atoms with E-state index in [0.29, 0.717) is 10.1 Å². The van der Waals surface area contributed by atoms with Gasteiger partial charge in [0.1, 0.15) is 0 Å². The zero-order valence-electron chi connectivity index (χ0n) is 8.66. The largest absolute Gasteiger partial charge is 0.415 e. The van der Waals surface area contributed by atoms with Gasteiger partial charge in [0.15, 0.2) is 10.1 Å². The SMILES string of the molecule is NC(=O)C=C(Oc1cccs1)Oc1cccs1. The highest BCUT2D eigenvalue weighted by molar-refractivity contribution is 7.12. The van der Waals surface area contributed by atoms with Crippen LogP contribution < -0.4 is 15.2 Å². The average Bonchev–Trinajstić information content (AvgIpc) is 2.89. The third kappa shape index (κ3) is 3.61. The fourth-order valence-electron chi connectivity index (χ4n) is 1.04. The third-order valence-electron chi connectivity index (χ3n) is 1.65. The van der Waals surface area contributed by atoms with Gasteiger partial charge < -0.3 is 15.2 Å². The summed E-state index contributed by atoms with van der Waals surface area (Å²) in [7, 11) is 0. The Kier molecular flexibility index (Phi) is 3.79. The van der Waals surface area contributed by atoms with Crippen molar-refractivity contribution < 1.29 is 14.3 Å². The summed E-state index contributed by atoms with van der Waals surface area (Å²) in [4.78, 5) is 10.9. The van der Waals surface area contributed by atoms with E-state index < -0.39 is 5.91 Å². The average molecular weight is 267 g/mol. The van der Waals surface area contributed by atoms with E-state index in [-0.39, 0.29) is 5.95 Å². The molecule has 0 aromatic carbocycles. The minimum atomic E-state index is -0.617. The maximum absolute atomic E-state index is 10.9. The minimum Gasteiger partial charge on any atom is -0.415 e. The normalized spacial score (nSPS) is 9.65. The predicted molar refractivity (Wildman–Crippen MR) is 67.2 cm³/mol. The summed E-state index contributed by atoms with van der Waals surface area (Å²) in [5.74, 6) is -0.546. The van der Waals surface area contributed by atoms with Gasteiger partial charge in [-0.05, 0) is 35.0 Å². The summed E-state index contributed by atoms with van der Waals surface area (Å²) in [6.45, 7) is 0. The maximum Gasteiger partial charge on any atom is 0.297 e. The molecule has 0 aliphatic heterocycles. The van der Waals surface area contributed by atoms with Gasteiger partial charge in [-0.3, -0.25) is 4.79 Å². The fraction of sp³-hybridized carbons (Fsp3) is 0.